The Balaban J connectivity index is 0.000000640. The molecular weight excluding hydrogens is 144 g/mol. The van der Waals surface area contributed by atoms with E-state index in [9.17, 15) is 0 Å². The average Bonchev–Trinajstić information content (AvgIpc) is 1.85. The van der Waals surface area contributed by atoms with Crippen molar-refractivity contribution in [2.75, 3.05) is 0 Å². The van der Waals surface area contributed by atoms with Gasteiger partial charge in [-0.2, -0.15) is 5.57 Å². The molecule has 1 heteroatoms. The molecule has 1 rings (SSSR count). The minimum atomic E-state index is 0. The van der Waals surface area contributed by atoms with Crippen molar-refractivity contribution in [3.05, 3.63) is 22.8 Å². The minimum absolute atomic E-state index is 0. The second-order valence-corrected chi connectivity index (χ2v) is 2.49. The molecule has 1 aliphatic rings. The van der Waals surface area contributed by atoms with Gasteiger partial charge < -0.3 is 0 Å². The third-order valence-electron chi connectivity index (χ3n) is 1.57. The number of hydrogen-bond donors (Lipinski definition) is 0. The van der Waals surface area contributed by atoms with Crippen LogP contribution in [0.4, 0.5) is 0 Å². The standard InChI is InChI=1S/C8H11.Ti/c1-6-4-7(2)8(3)5-6;/h4H2,1-3H3;/q-1;. The van der Waals surface area contributed by atoms with E-state index < -0.39 is 0 Å². The molecule has 0 saturated carbocycles. The monoisotopic (exact) mass is 155 g/mol. The van der Waals surface area contributed by atoms with Gasteiger partial charge in [0.15, 0.2) is 0 Å². The van der Waals surface area contributed by atoms with Gasteiger partial charge in [-0.15, -0.1) is 6.92 Å². The van der Waals surface area contributed by atoms with E-state index in [1.807, 2.05) is 0 Å². The normalized spacial score (nSPS) is 17.4. The first kappa shape index (κ1) is 9.19. The Morgan fingerprint density at radius 2 is 1.78 bits per heavy atom. The van der Waals surface area contributed by atoms with Crippen LogP contribution in [0.5, 0.6) is 0 Å². The molecule has 0 aliphatic heterocycles. The summed E-state index contributed by atoms with van der Waals surface area (Å²) in [5.74, 6) is 0. The van der Waals surface area contributed by atoms with Crippen LogP contribution in [0.15, 0.2) is 16.7 Å². The summed E-state index contributed by atoms with van der Waals surface area (Å²) in [4.78, 5) is 0. The average molecular weight is 155 g/mol. The van der Waals surface area contributed by atoms with Crippen LogP contribution in [0, 0.1) is 6.08 Å². The van der Waals surface area contributed by atoms with Crippen LogP contribution < -0.4 is 0 Å². The van der Waals surface area contributed by atoms with Gasteiger partial charge in [0, 0.05) is 21.7 Å². The molecule has 0 saturated heterocycles. The molecule has 0 spiro atoms. The van der Waals surface area contributed by atoms with Crippen LogP contribution in [-0.2, 0) is 21.7 Å². The molecule has 0 fully saturated rings. The van der Waals surface area contributed by atoms with Crippen LogP contribution in [0.1, 0.15) is 27.2 Å². The Hall–Kier alpha value is 0.194. The summed E-state index contributed by atoms with van der Waals surface area (Å²) in [6, 6.07) is 0. The molecule has 0 unspecified atom stereocenters. The Morgan fingerprint density at radius 3 is 1.89 bits per heavy atom. The molecule has 48 valence electrons. The molecular formula is C8H11Ti-. The molecule has 0 aromatic heterocycles. The van der Waals surface area contributed by atoms with Crippen molar-refractivity contribution in [1.82, 2.24) is 0 Å². The smallest absolute Gasteiger partial charge is 0 e. The van der Waals surface area contributed by atoms with Crippen molar-refractivity contribution in [3.63, 3.8) is 0 Å². The Bertz CT molecular complexity index is 163. The Kier molecular flexibility index (Phi) is 3.46. The molecule has 0 radical (unpaired) electrons. The summed E-state index contributed by atoms with van der Waals surface area (Å²) >= 11 is 0. The fourth-order valence-corrected chi connectivity index (χ4v) is 1.00. The first-order chi connectivity index (χ1) is 3.70. The molecule has 0 N–H and O–H groups in total. The van der Waals surface area contributed by atoms with Crippen molar-refractivity contribution in [2.45, 2.75) is 27.2 Å². The number of hydrogen-bond acceptors (Lipinski definition) is 0. The van der Waals surface area contributed by atoms with Gasteiger partial charge in [0.05, 0.1) is 0 Å². The van der Waals surface area contributed by atoms with Crippen molar-refractivity contribution in [3.8, 4) is 0 Å². The van der Waals surface area contributed by atoms with Gasteiger partial charge >= 0.3 is 0 Å². The van der Waals surface area contributed by atoms with E-state index in [0.29, 0.717) is 0 Å². The Morgan fingerprint density at radius 1 is 1.22 bits per heavy atom. The predicted octanol–water partition coefficient (Wildman–Crippen LogP) is 2.47. The maximum absolute atomic E-state index is 3.26. The zero-order valence-corrected chi connectivity index (χ0v) is 7.77. The van der Waals surface area contributed by atoms with Crippen LogP contribution in [0.2, 0.25) is 0 Å². The molecule has 0 bridgehead atoms. The van der Waals surface area contributed by atoms with Crippen LogP contribution in [-0.4, -0.2) is 0 Å². The van der Waals surface area contributed by atoms with Crippen molar-refractivity contribution in [2.24, 2.45) is 0 Å². The van der Waals surface area contributed by atoms with E-state index in [2.05, 4.69) is 26.8 Å². The van der Waals surface area contributed by atoms with E-state index in [1.165, 1.54) is 16.7 Å². The Labute approximate surface area is 71.9 Å². The van der Waals surface area contributed by atoms with Gasteiger partial charge in [-0.05, 0) is 0 Å². The molecule has 0 aromatic rings. The van der Waals surface area contributed by atoms with Gasteiger partial charge in [0.25, 0.3) is 0 Å². The summed E-state index contributed by atoms with van der Waals surface area (Å²) in [6.45, 7) is 6.41. The van der Waals surface area contributed by atoms with E-state index in [-0.39, 0.29) is 21.7 Å². The minimum Gasteiger partial charge on any atom is -0.250 e. The number of allylic oxidation sites excluding steroid dienone is 4. The first-order valence-corrected chi connectivity index (χ1v) is 2.96. The quantitative estimate of drug-likeness (QED) is 0.372. The topological polar surface area (TPSA) is 0 Å². The van der Waals surface area contributed by atoms with Crippen LogP contribution in [0.25, 0.3) is 0 Å². The van der Waals surface area contributed by atoms with E-state index in [1.54, 1.807) is 0 Å². The summed E-state index contributed by atoms with van der Waals surface area (Å²) < 4.78 is 0. The predicted molar refractivity (Wildman–Crippen MR) is 35.4 cm³/mol. The molecule has 9 heavy (non-hydrogen) atoms. The summed E-state index contributed by atoms with van der Waals surface area (Å²) in [6.07, 6.45) is 4.41. The van der Waals surface area contributed by atoms with Gasteiger partial charge in [0.1, 0.15) is 0 Å². The van der Waals surface area contributed by atoms with Gasteiger partial charge in [0.2, 0.25) is 0 Å². The maximum Gasteiger partial charge on any atom is 0 e. The zero-order chi connectivity index (χ0) is 6.15. The molecule has 1 aliphatic carbocycles. The first-order valence-electron chi connectivity index (χ1n) is 2.96. The second kappa shape index (κ2) is 3.38. The third-order valence-corrected chi connectivity index (χ3v) is 1.57. The van der Waals surface area contributed by atoms with Crippen molar-refractivity contribution < 1.29 is 21.7 Å². The summed E-state index contributed by atoms with van der Waals surface area (Å²) in [5, 5.41) is 0. The fourth-order valence-electron chi connectivity index (χ4n) is 1.00. The number of rotatable bonds is 0. The van der Waals surface area contributed by atoms with Gasteiger partial charge in [-0.25, -0.2) is 17.2 Å². The SMILES string of the molecule is CC1=[C-]C(C)=C(C)C1.[Ti]. The van der Waals surface area contributed by atoms with E-state index in [4.69, 9.17) is 0 Å². The van der Waals surface area contributed by atoms with Crippen molar-refractivity contribution >= 4 is 0 Å². The fraction of sp³-hybridized carbons (Fsp3) is 0.500. The van der Waals surface area contributed by atoms with Crippen molar-refractivity contribution in [1.29, 1.82) is 0 Å². The maximum atomic E-state index is 3.26. The molecule has 0 heterocycles. The zero-order valence-electron chi connectivity index (χ0n) is 6.21. The third kappa shape index (κ3) is 2.11. The van der Waals surface area contributed by atoms with E-state index >= 15 is 0 Å². The molecule has 0 atom stereocenters. The van der Waals surface area contributed by atoms with Crippen LogP contribution in [0.3, 0.4) is 0 Å². The van der Waals surface area contributed by atoms with Gasteiger partial charge in [-0.1, -0.05) is 20.3 Å². The van der Waals surface area contributed by atoms with Gasteiger partial charge in [-0.3, -0.25) is 0 Å². The molecule has 0 aromatic carbocycles. The van der Waals surface area contributed by atoms with E-state index in [0.717, 1.165) is 6.42 Å². The summed E-state index contributed by atoms with van der Waals surface area (Å²) in [5.41, 5.74) is 4.19. The largest absolute Gasteiger partial charge is 0.250 e. The molecule has 0 amide bonds. The van der Waals surface area contributed by atoms with Crippen LogP contribution >= 0.6 is 0 Å². The second-order valence-electron chi connectivity index (χ2n) is 2.49. The molecule has 0 nitrogen and oxygen atoms in total. The summed E-state index contributed by atoms with van der Waals surface area (Å²) in [7, 11) is 0.